The second-order valence-corrected chi connectivity index (χ2v) is 6.88. The number of hydrogen-bond acceptors (Lipinski definition) is 3. The van der Waals surface area contributed by atoms with Gasteiger partial charge in [-0.3, -0.25) is 9.78 Å². The molecule has 0 aliphatic heterocycles. The van der Waals surface area contributed by atoms with Crippen molar-refractivity contribution >= 4 is 5.91 Å². The Hall–Kier alpha value is -3.73. The molecule has 2 heterocycles. The van der Waals surface area contributed by atoms with Crippen LogP contribution in [-0.2, 0) is 11.3 Å². The van der Waals surface area contributed by atoms with Crippen LogP contribution in [0.4, 0.5) is 0 Å². The van der Waals surface area contributed by atoms with E-state index in [1.807, 2.05) is 71.4 Å². The van der Waals surface area contributed by atoms with Crippen LogP contribution < -0.4 is 5.32 Å². The van der Waals surface area contributed by atoms with Crippen LogP contribution in [0.3, 0.4) is 0 Å². The van der Waals surface area contributed by atoms with E-state index in [0.29, 0.717) is 0 Å². The van der Waals surface area contributed by atoms with Crippen molar-refractivity contribution in [2.24, 2.45) is 0 Å². The molecule has 1 N–H and O–H groups in total. The molecule has 0 aliphatic carbocycles. The first-order valence-corrected chi connectivity index (χ1v) is 9.54. The van der Waals surface area contributed by atoms with Crippen LogP contribution >= 0.6 is 0 Å². The summed E-state index contributed by atoms with van der Waals surface area (Å²) in [6.45, 7) is 2.25. The zero-order valence-electron chi connectivity index (χ0n) is 16.2. The van der Waals surface area contributed by atoms with Crippen molar-refractivity contribution in [2.45, 2.75) is 19.5 Å². The van der Waals surface area contributed by atoms with Crippen LogP contribution in [0.5, 0.6) is 0 Å². The van der Waals surface area contributed by atoms with E-state index in [1.165, 1.54) is 0 Å². The number of nitrogens with zero attached hydrogens (tertiary/aromatic N) is 3. The van der Waals surface area contributed by atoms with Crippen LogP contribution in [0.25, 0.3) is 11.4 Å². The Bertz CT molecular complexity index is 1090. The highest BCUT2D eigenvalue weighted by molar-refractivity contribution is 5.77. The lowest BCUT2D eigenvalue weighted by atomic mass is 9.95. The Kier molecular flexibility index (Phi) is 5.47. The van der Waals surface area contributed by atoms with E-state index >= 15 is 0 Å². The van der Waals surface area contributed by atoms with E-state index in [-0.39, 0.29) is 18.5 Å². The Morgan fingerprint density at radius 3 is 2.45 bits per heavy atom. The number of carbonyl (C=O) groups excluding carboxylic acids is 1. The molecule has 144 valence electrons. The smallest absolute Gasteiger partial charge is 0.240 e. The Morgan fingerprint density at radius 2 is 1.69 bits per heavy atom. The van der Waals surface area contributed by atoms with Gasteiger partial charge in [0.2, 0.25) is 5.91 Å². The van der Waals surface area contributed by atoms with E-state index in [9.17, 15) is 4.79 Å². The molecule has 0 bridgehead atoms. The van der Waals surface area contributed by atoms with E-state index in [2.05, 4.69) is 28.3 Å². The summed E-state index contributed by atoms with van der Waals surface area (Å²) < 4.78 is 1.87. The van der Waals surface area contributed by atoms with Gasteiger partial charge in [-0.25, -0.2) is 4.98 Å². The van der Waals surface area contributed by atoms with Crippen molar-refractivity contribution in [2.75, 3.05) is 0 Å². The lowest BCUT2D eigenvalue weighted by molar-refractivity contribution is -0.122. The predicted octanol–water partition coefficient (Wildman–Crippen LogP) is 4.16. The van der Waals surface area contributed by atoms with Gasteiger partial charge in [-0.05, 0) is 35.7 Å². The van der Waals surface area contributed by atoms with Crippen molar-refractivity contribution in [3.8, 4) is 11.4 Å². The number of aromatic nitrogens is 3. The number of hydrogen-bond donors (Lipinski definition) is 1. The first-order valence-electron chi connectivity index (χ1n) is 9.54. The molecule has 4 aromatic rings. The van der Waals surface area contributed by atoms with Crippen molar-refractivity contribution in [3.63, 3.8) is 0 Å². The second kappa shape index (κ2) is 8.52. The van der Waals surface area contributed by atoms with Gasteiger partial charge in [0.15, 0.2) is 0 Å². The molecule has 5 nitrogen and oxygen atoms in total. The Balaban J connectivity index is 1.59. The van der Waals surface area contributed by atoms with Crippen LogP contribution in [0.1, 0.15) is 22.7 Å². The molecule has 29 heavy (non-hydrogen) atoms. The van der Waals surface area contributed by atoms with Gasteiger partial charge in [0.05, 0.1) is 6.04 Å². The summed E-state index contributed by atoms with van der Waals surface area (Å²) in [6, 6.07) is 21.6. The highest BCUT2D eigenvalue weighted by atomic mass is 16.2. The molecule has 4 rings (SSSR count). The summed E-state index contributed by atoms with van der Waals surface area (Å²) in [7, 11) is 0. The van der Waals surface area contributed by atoms with E-state index in [4.69, 9.17) is 0 Å². The molecule has 5 heteroatoms. The first kappa shape index (κ1) is 18.6. The third-order valence-corrected chi connectivity index (χ3v) is 4.91. The monoisotopic (exact) mass is 382 g/mol. The minimum absolute atomic E-state index is 0.0785. The zero-order valence-corrected chi connectivity index (χ0v) is 16.2. The SMILES string of the molecule is Cc1ccccc1[C@@H](NC(=O)Cn1ccnc1-c1ccccc1)c1ccncc1. The summed E-state index contributed by atoms with van der Waals surface area (Å²) in [4.78, 5) is 21.5. The summed E-state index contributed by atoms with van der Waals surface area (Å²) in [5, 5.41) is 3.19. The number of imidazole rings is 1. The maximum atomic E-state index is 13.0. The Labute approximate surface area is 170 Å². The topological polar surface area (TPSA) is 59.8 Å². The molecule has 2 aromatic carbocycles. The van der Waals surface area contributed by atoms with Gasteiger partial charge in [0.25, 0.3) is 0 Å². The van der Waals surface area contributed by atoms with Gasteiger partial charge in [-0.15, -0.1) is 0 Å². The summed E-state index contributed by atoms with van der Waals surface area (Å²) in [5.74, 6) is 0.697. The number of benzene rings is 2. The molecule has 1 amide bonds. The standard InChI is InChI=1S/C24H22N4O/c1-18-7-5-6-10-21(18)23(19-11-13-25-14-12-19)27-22(29)17-28-16-15-26-24(28)20-8-3-2-4-9-20/h2-16,23H,17H2,1H3,(H,27,29)/t23-/m0/s1. The lowest BCUT2D eigenvalue weighted by Crippen LogP contribution is -2.32. The van der Waals surface area contributed by atoms with E-state index in [1.54, 1.807) is 18.6 Å². The number of aryl methyl sites for hydroxylation is 1. The lowest BCUT2D eigenvalue weighted by Gasteiger charge is -2.22. The van der Waals surface area contributed by atoms with Crippen molar-refractivity contribution in [1.29, 1.82) is 0 Å². The van der Waals surface area contributed by atoms with Crippen LogP contribution in [0.2, 0.25) is 0 Å². The molecular weight excluding hydrogens is 360 g/mol. The van der Waals surface area contributed by atoms with E-state index < -0.39 is 0 Å². The minimum Gasteiger partial charge on any atom is -0.344 e. The van der Waals surface area contributed by atoms with Crippen LogP contribution in [0, 0.1) is 6.92 Å². The van der Waals surface area contributed by atoms with E-state index in [0.717, 1.165) is 28.1 Å². The van der Waals surface area contributed by atoms with Crippen LogP contribution in [-0.4, -0.2) is 20.4 Å². The van der Waals surface area contributed by atoms with Crippen LogP contribution in [0.15, 0.2) is 91.5 Å². The molecule has 0 fully saturated rings. The average molecular weight is 382 g/mol. The molecular formula is C24H22N4O. The van der Waals surface area contributed by atoms with Crippen molar-refractivity contribution in [3.05, 3.63) is 108 Å². The molecule has 0 radical (unpaired) electrons. The Morgan fingerprint density at radius 1 is 0.966 bits per heavy atom. The highest BCUT2D eigenvalue weighted by Crippen LogP contribution is 2.25. The molecule has 1 atom stereocenters. The molecule has 2 aromatic heterocycles. The fourth-order valence-corrected chi connectivity index (χ4v) is 3.45. The largest absolute Gasteiger partial charge is 0.344 e. The van der Waals surface area contributed by atoms with Gasteiger partial charge >= 0.3 is 0 Å². The summed E-state index contributed by atoms with van der Waals surface area (Å²) >= 11 is 0. The average Bonchev–Trinajstić information content (AvgIpc) is 3.22. The number of amides is 1. The fraction of sp³-hybridized carbons (Fsp3) is 0.125. The zero-order chi connectivity index (χ0) is 20.1. The molecule has 0 saturated heterocycles. The number of nitrogens with one attached hydrogen (secondary N) is 1. The highest BCUT2D eigenvalue weighted by Gasteiger charge is 2.19. The number of rotatable bonds is 6. The van der Waals surface area contributed by atoms with Gasteiger partial charge in [-0.1, -0.05) is 54.6 Å². The maximum absolute atomic E-state index is 13.0. The van der Waals surface area contributed by atoms with Gasteiger partial charge in [0, 0.05) is 30.4 Å². The quantitative estimate of drug-likeness (QED) is 0.545. The minimum atomic E-state index is -0.240. The van der Waals surface area contributed by atoms with Gasteiger partial charge in [-0.2, -0.15) is 0 Å². The van der Waals surface area contributed by atoms with Gasteiger partial charge < -0.3 is 9.88 Å². The number of pyridine rings is 1. The molecule has 0 saturated carbocycles. The summed E-state index contributed by atoms with van der Waals surface area (Å²) in [6.07, 6.45) is 7.04. The molecule has 0 spiro atoms. The molecule has 0 unspecified atom stereocenters. The van der Waals surface area contributed by atoms with Crippen molar-refractivity contribution < 1.29 is 4.79 Å². The predicted molar refractivity (Wildman–Crippen MR) is 113 cm³/mol. The van der Waals surface area contributed by atoms with Gasteiger partial charge in [0.1, 0.15) is 12.4 Å². The second-order valence-electron chi connectivity index (χ2n) is 6.88. The third-order valence-electron chi connectivity index (χ3n) is 4.91. The first-order chi connectivity index (χ1) is 14.2. The summed E-state index contributed by atoms with van der Waals surface area (Å²) in [5.41, 5.74) is 4.18. The van der Waals surface area contributed by atoms with Crippen molar-refractivity contribution in [1.82, 2.24) is 19.9 Å². The fourth-order valence-electron chi connectivity index (χ4n) is 3.45. The molecule has 0 aliphatic rings. The normalized spacial score (nSPS) is 11.8. The third kappa shape index (κ3) is 4.24. The maximum Gasteiger partial charge on any atom is 0.240 e. The number of carbonyl (C=O) groups is 1.